The van der Waals surface area contributed by atoms with Gasteiger partial charge in [0.1, 0.15) is 17.0 Å². The fraction of sp³-hybridized carbons (Fsp3) is 0.562. The molecule has 1 aliphatic heterocycles. The van der Waals surface area contributed by atoms with Crippen molar-refractivity contribution in [1.82, 2.24) is 9.88 Å². The van der Waals surface area contributed by atoms with Gasteiger partial charge in [0.25, 0.3) is 0 Å². The van der Waals surface area contributed by atoms with Crippen LogP contribution in [-0.4, -0.2) is 58.3 Å². The number of nitrogens with zero attached hydrogens (tertiary/aromatic N) is 3. The van der Waals surface area contributed by atoms with E-state index in [2.05, 4.69) is 4.98 Å². The second-order valence-corrected chi connectivity index (χ2v) is 6.65. The number of carboxylic acids is 1. The fourth-order valence-electron chi connectivity index (χ4n) is 2.56. The van der Waals surface area contributed by atoms with Crippen LogP contribution in [0.25, 0.3) is 0 Å². The summed E-state index contributed by atoms with van der Waals surface area (Å²) < 4.78 is 5.41. The molecule has 126 valence electrons. The van der Waals surface area contributed by atoms with E-state index in [-0.39, 0.29) is 17.7 Å². The lowest BCUT2D eigenvalue weighted by Gasteiger charge is -2.40. The molecule has 0 radical (unpaired) electrons. The van der Waals surface area contributed by atoms with E-state index in [0.717, 1.165) is 0 Å². The Kier molecular flexibility index (Phi) is 4.77. The molecule has 7 nitrogen and oxygen atoms in total. The van der Waals surface area contributed by atoms with Crippen molar-refractivity contribution in [1.29, 1.82) is 0 Å². The highest BCUT2D eigenvalue weighted by atomic mass is 16.6. The van der Waals surface area contributed by atoms with Crippen LogP contribution in [0.4, 0.5) is 10.6 Å². The minimum atomic E-state index is -1.00. The van der Waals surface area contributed by atoms with E-state index >= 15 is 0 Å². The molecule has 1 saturated heterocycles. The number of piperazine rings is 1. The molecule has 2 rings (SSSR count). The molecule has 1 aliphatic rings. The number of carboxylic acid groups (broad SMARTS) is 1. The van der Waals surface area contributed by atoms with E-state index in [9.17, 15) is 14.7 Å². The second kappa shape index (κ2) is 6.44. The predicted octanol–water partition coefficient (Wildman–Crippen LogP) is 2.23. The molecule has 1 fully saturated rings. The lowest BCUT2D eigenvalue weighted by Crippen LogP contribution is -2.55. The molecule has 0 unspecified atom stereocenters. The number of aromatic nitrogens is 1. The first kappa shape index (κ1) is 17.1. The van der Waals surface area contributed by atoms with Crippen LogP contribution < -0.4 is 4.90 Å². The molecule has 0 aliphatic carbocycles. The van der Waals surface area contributed by atoms with Crippen molar-refractivity contribution >= 4 is 17.9 Å². The number of rotatable bonds is 2. The minimum absolute atomic E-state index is 0.0951. The zero-order valence-electron chi connectivity index (χ0n) is 13.9. The maximum absolute atomic E-state index is 12.2. The topological polar surface area (TPSA) is 83.0 Å². The standard InChI is InChI=1S/C16H23N3O4/c1-11-10-18(13-12(14(20)21)6-5-7-17-13)8-9-19(11)15(22)23-16(2,3)4/h5-7,11H,8-10H2,1-4H3,(H,20,21)/t11-/m1/s1. The quantitative estimate of drug-likeness (QED) is 0.899. The zero-order chi connectivity index (χ0) is 17.2. The summed E-state index contributed by atoms with van der Waals surface area (Å²) >= 11 is 0. The third-order valence-corrected chi connectivity index (χ3v) is 3.57. The summed E-state index contributed by atoms with van der Waals surface area (Å²) in [5.74, 6) is -0.564. The highest BCUT2D eigenvalue weighted by Crippen LogP contribution is 2.22. The van der Waals surface area contributed by atoms with Crippen molar-refractivity contribution in [2.45, 2.75) is 39.3 Å². The summed E-state index contributed by atoms with van der Waals surface area (Å²) in [6.07, 6.45) is 1.23. The van der Waals surface area contributed by atoms with Crippen LogP contribution in [0.5, 0.6) is 0 Å². The summed E-state index contributed by atoms with van der Waals surface area (Å²) in [6, 6.07) is 3.05. The zero-order valence-corrected chi connectivity index (χ0v) is 13.9. The van der Waals surface area contributed by atoms with E-state index in [0.29, 0.717) is 25.5 Å². The molecule has 7 heteroatoms. The number of aromatic carboxylic acids is 1. The van der Waals surface area contributed by atoms with Crippen molar-refractivity contribution in [3.8, 4) is 0 Å². The molecule has 23 heavy (non-hydrogen) atoms. The number of hydrogen-bond acceptors (Lipinski definition) is 5. The largest absolute Gasteiger partial charge is 0.478 e. The monoisotopic (exact) mass is 321 g/mol. The third kappa shape index (κ3) is 4.12. The van der Waals surface area contributed by atoms with Gasteiger partial charge in [0.15, 0.2) is 0 Å². The van der Waals surface area contributed by atoms with Gasteiger partial charge in [0.05, 0.1) is 0 Å². The molecule has 1 N–H and O–H groups in total. The van der Waals surface area contributed by atoms with Crippen LogP contribution in [0.1, 0.15) is 38.1 Å². The summed E-state index contributed by atoms with van der Waals surface area (Å²) in [6.45, 7) is 8.90. The summed E-state index contributed by atoms with van der Waals surface area (Å²) in [4.78, 5) is 31.3. The first-order chi connectivity index (χ1) is 10.7. The number of carbonyl (C=O) groups excluding carboxylic acids is 1. The second-order valence-electron chi connectivity index (χ2n) is 6.65. The summed E-state index contributed by atoms with van der Waals surface area (Å²) in [5, 5.41) is 9.28. The molecule has 0 saturated carbocycles. The molecular weight excluding hydrogens is 298 g/mol. The third-order valence-electron chi connectivity index (χ3n) is 3.57. The number of ether oxygens (including phenoxy) is 1. The average molecular weight is 321 g/mol. The highest BCUT2D eigenvalue weighted by Gasteiger charge is 2.32. The van der Waals surface area contributed by atoms with Crippen molar-refractivity contribution < 1.29 is 19.4 Å². The summed E-state index contributed by atoms with van der Waals surface area (Å²) in [7, 11) is 0. The van der Waals surface area contributed by atoms with Crippen LogP contribution in [0.2, 0.25) is 0 Å². The maximum atomic E-state index is 12.2. The van der Waals surface area contributed by atoms with Crippen LogP contribution in [0.3, 0.4) is 0 Å². The molecule has 1 aromatic heterocycles. The van der Waals surface area contributed by atoms with Crippen LogP contribution in [-0.2, 0) is 4.74 Å². The number of hydrogen-bond donors (Lipinski definition) is 1. The van der Waals surface area contributed by atoms with E-state index in [1.807, 2.05) is 32.6 Å². The Labute approximate surface area is 135 Å². The number of amides is 1. The molecular formula is C16H23N3O4. The van der Waals surface area contributed by atoms with Gasteiger partial charge in [0, 0.05) is 31.9 Å². The number of carbonyl (C=O) groups is 2. The smallest absolute Gasteiger partial charge is 0.410 e. The normalized spacial score (nSPS) is 18.7. The Morgan fingerprint density at radius 1 is 1.35 bits per heavy atom. The highest BCUT2D eigenvalue weighted by molar-refractivity contribution is 5.93. The lowest BCUT2D eigenvalue weighted by atomic mass is 10.1. The first-order valence-electron chi connectivity index (χ1n) is 7.62. The Balaban J connectivity index is 2.10. The van der Waals surface area contributed by atoms with E-state index in [1.165, 1.54) is 6.07 Å². The van der Waals surface area contributed by atoms with Gasteiger partial charge in [0.2, 0.25) is 0 Å². The van der Waals surface area contributed by atoms with Gasteiger partial charge in [-0.15, -0.1) is 0 Å². The molecule has 1 amide bonds. The molecule has 0 aromatic carbocycles. The number of anilines is 1. The Hall–Kier alpha value is -2.31. The van der Waals surface area contributed by atoms with Gasteiger partial charge in [-0.1, -0.05) is 0 Å². The average Bonchev–Trinajstić information content (AvgIpc) is 2.45. The van der Waals surface area contributed by atoms with Gasteiger partial charge < -0.3 is 19.6 Å². The fourth-order valence-corrected chi connectivity index (χ4v) is 2.56. The minimum Gasteiger partial charge on any atom is -0.478 e. The van der Waals surface area contributed by atoms with Gasteiger partial charge >= 0.3 is 12.1 Å². The van der Waals surface area contributed by atoms with Crippen molar-refractivity contribution in [3.05, 3.63) is 23.9 Å². The van der Waals surface area contributed by atoms with Gasteiger partial charge in [-0.2, -0.15) is 0 Å². The molecule has 1 atom stereocenters. The van der Waals surface area contributed by atoms with Crippen molar-refractivity contribution in [2.24, 2.45) is 0 Å². The SMILES string of the molecule is C[C@@H]1CN(c2ncccc2C(=O)O)CCN1C(=O)OC(C)(C)C. The van der Waals surface area contributed by atoms with Crippen molar-refractivity contribution in [2.75, 3.05) is 24.5 Å². The van der Waals surface area contributed by atoms with E-state index < -0.39 is 11.6 Å². The van der Waals surface area contributed by atoms with Gasteiger partial charge in [-0.25, -0.2) is 14.6 Å². The Bertz CT molecular complexity index is 597. The molecule has 0 spiro atoms. The molecule has 0 bridgehead atoms. The molecule has 1 aromatic rings. The van der Waals surface area contributed by atoms with E-state index in [1.54, 1.807) is 17.2 Å². The van der Waals surface area contributed by atoms with Crippen LogP contribution in [0.15, 0.2) is 18.3 Å². The lowest BCUT2D eigenvalue weighted by molar-refractivity contribution is 0.0158. The Morgan fingerprint density at radius 2 is 2.04 bits per heavy atom. The predicted molar refractivity (Wildman–Crippen MR) is 85.8 cm³/mol. The van der Waals surface area contributed by atoms with E-state index in [4.69, 9.17) is 4.74 Å². The number of pyridine rings is 1. The van der Waals surface area contributed by atoms with Crippen molar-refractivity contribution in [3.63, 3.8) is 0 Å². The maximum Gasteiger partial charge on any atom is 0.410 e. The Morgan fingerprint density at radius 3 is 2.61 bits per heavy atom. The van der Waals surface area contributed by atoms with Gasteiger partial charge in [-0.05, 0) is 39.8 Å². The summed E-state index contributed by atoms with van der Waals surface area (Å²) in [5.41, 5.74) is -0.365. The van der Waals surface area contributed by atoms with Gasteiger partial charge in [-0.3, -0.25) is 0 Å². The molecule has 2 heterocycles. The first-order valence-corrected chi connectivity index (χ1v) is 7.62. The van der Waals surface area contributed by atoms with Crippen LogP contribution in [0, 0.1) is 0 Å². The van der Waals surface area contributed by atoms with Crippen LogP contribution >= 0.6 is 0 Å².